The lowest BCUT2D eigenvalue weighted by Gasteiger charge is -2.11. The van der Waals surface area contributed by atoms with E-state index in [0.29, 0.717) is 11.3 Å². The number of anilines is 1. The SMILES string of the molecule is CC(O)c1ccccc1NC(=O)C=Cc1cnn(C)c1. The number of rotatable bonds is 4. The minimum atomic E-state index is -0.631. The van der Waals surface area contributed by atoms with Gasteiger partial charge in [-0.2, -0.15) is 5.10 Å². The Kier molecular flexibility index (Phi) is 4.32. The van der Waals surface area contributed by atoms with Crippen LogP contribution in [0.5, 0.6) is 0 Å². The lowest BCUT2D eigenvalue weighted by atomic mass is 10.1. The smallest absolute Gasteiger partial charge is 0.248 e. The van der Waals surface area contributed by atoms with Crippen LogP contribution >= 0.6 is 0 Å². The minimum Gasteiger partial charge on any atom is -0.389 e. The normalized spacial score (nSPS) is 12.6. The Labute approximate surface area is 117 Å². The Morgan fingerprint density at radius 1 is 1.45 bits per heavy atom. The van der Waals surface area contributed by atoms with E-state index < -0.39 is 6.10 Å². The summed E-state index contributed by atoms with van der Waals surface area (Å²) >= 11 is 0. The summed E-state index contributed by atoms with van der Waals surface area (Å²) in [6, 6.07) is 7.18. The van der Waals surface area contributed by atoms with Crippen molar-refractivity contribution >= 4 is 17.7 Å². The van der Waals surface area contributed by atoms with Gasteiger partial charge in [0.2, 0.25) is 5.91 Å². The average molecular weight is 271 g/mol. The van der Waals surface area contributed by atoms with Crippen LogP contribution < -0.4 is 5.32 Å². The van der Waals surface area contributed by atoms with Crippen LogP contribution in [0.2, 0.25) is 0 Å². The fraction of sp³-hybridized carbons (Fsp3) is 0.200. The summed E-state index contributed by atoms with van der Waals surface area (Å²) in [5.74, 6) is -0.248. The largest absolute Gasteiger partial charge is 0.389 e. The van der Waals surface area contributed by atoms with Gasteiger partial charge in [0.25, 0.3) is 0 Å². The number of hydrogen-bond acceptors (Lipinski definition) is 3. The topological polar surface area (TPSA) is 67.2 Å². The zero-order valence-electron chi connectivity index (χ0n) is 11.4. The summed E-state index contributed by atoms with van der Waals surface area (Å²) in [5, 5.41) is 16.4. The zero-order valence-corrected chi connectivity index (χ0v) is 11.4. The molecule has 1 amide bonds. The third kappa shape index (κ3) is 3.55. The second kappa shape index (κ2) is 6.16. The number of aliphatic hydroxyl groups excluding tert-OH is 1. The van der Waals surface area contributed by atoms with E-state index in [1.807, 2.05) is 25.4 Å². The second-order valence-corrected chi connectivity index (χ2v) is 4.53. The van der Waals surface area contributed by atoms with Crippen LogP contribution in [0.3, 0.4) is 0 Å². The van der Waals surface area contributed by atoms with Gasteiger partial charge in [0.1, 0.15) is 0 Å². The highest BCUT2D eigenvalue weighted by atomic mass is 16.3. The maximum absolute atomic E-state index is 11.9. The number of para-hydroxylation sites is 1. The number of carbonyl (C=O) groups excluding carboxylic acids is 1. The highest BCUT2D eigenvalue weighted by Crippen LogP contribution is 2.22. The molecule has 1 unspecified atom stereocenters. The summed E-state index contributed by atoms with van der Waals surface area (Å²) in [6.07, 6.45) is 5.98. The molecule has 0 aliphatic carbocycles. The van der Waals surface area contributed by atoms with E-state index in [9.17, 15) is 9.90 Å². The number of amides is 1. The van der Waals surface area contributed by atoms with E-state index in [-0.39, 0.29) is 5.91 Å². The molecule has 1 heterocycles. The molecule has 0 radical (unpaired) electrons. The average Bonchev–Trinajstić information content (AvgIpc) is 2.83. The van der Waals surface area contributed by atoms with Crippen molar-refractivity contribution in [1.82, 2.24) is 9.78 Å². The number of nitrogens with one attached hydrogen (secondary N) is 1. The molecule has 0 spiro atoms. The molecule has 0 fully saturated rings. The van der Waals surface area contributed by atoms with Crippen LogP contribution in [0.15, 0.2) is 42.7 Å². The first-order valence-corrected chi connectivity index (χ1v) is 6.31. The molecule has 0 aliphatic rings. The lowest BCUT2D eigenvalue weighted by molar-refractivity contribution is -0.111. The Balaban J connectivity index is 2.07. The van der Waals surface area contributed by atoms with E-state index in [1.54, 1.807) is 36.0 Å². The standard InChI is InChI=1S/C15H17N3O2/c1-11(19)13-5-3-4-6-14(13)17-15(20)8-7-12-9-16-18(2)10-12/h3-11,19H,1-2H3,(H,17,20). The molecule has 0 saturated carbocycles. The number of hydrogen-bond donors (Lipinski definition) is 2. The van der Waals surface area contributed by atoms with Gasteiger partial charge in [0.15, 0.2) is 0 Å². The van der Waals surface area contributed by atoms with Crippen molar-refractivity contribution in [3.05, 3.63) is 53.9 Å². The molecule has 1 aromatic carbocycles. The van der Waals surface area contributed by atoms with E-state index in [2.05, 4.69) is 10.4 Å². The van der Waals surface area contributed by atoms with E-state index in [1.165, 1.54) is 6.08 Å². The van der Waals surface area contributed by atoms with Gasteiger partial charge in [-0.05, 0) is 19.1 Å². The molecule has 0 bridgehead atoms. The van der Waals surface area contributed by atoms with Crippen molar-refractivity contribution in [2.75, 3.05) is 5.32 Å². The maximum Gasteiger partial charge on any atom is 0.248 e. The fourth-order valence-corrected chi connectivity index (χ4v) is 1.85. The van der Waals surface area contributed by atoms with Gasteiger partial charge in [-0.1, -0.05) is 18.2 Å². The summed E-state index contributed by atoms with van der Waals surface area (Å²) in [7, 11) is 1.82. The predicted molar refractivity (Wildman–Crippen MR) is 77.9 cm³/mol. The van der Waals surface area contributed by atoms with Gasteiger partial charge in [-0.3, -0.25) is 9.48 Å². The zero-order chi connectivity index (χ0) is 14.5. The summed E-state index contributed by atoms with van der Waals surface area (Å²) in [6.45, 7) is 1.66. The van der Waals surface area contributed by atoms with Crippen molar-refractivity contribution in [2.45, 2.75) is 13.0 Å². The number of nitrogens with zero attached hydrogens (tertiary/aromatic N) is 2. The van der Waals surface area contributed by atoms with E-state index in [4.69, 9.17) is 0 Å². The third-order valence-corrected chi connectivity index (χ3v) is 2.82. The monoisotopic (exact) mass is 271 g/mol. The van der Waals surface area contributed by atoms with E-state index in [0.717, 1.165) is 5.56 Å². The van der Waals surface area contributed by atoms with Crippen LogP contribution in [0.1, 0.15) is 24.2 Å². The van der Waals surface area contributed by atoms with Crippen molar-refractivity contribution < 1.29 is 9.90 Å². The molecule has 20 heavy (non-hydrogen) atoms. The van der Waals surface area contributed by atoms with Crippen LogP contribution in [-0.4, -0.2) is 20.8 Å². The molecular formula is C15H17N3O2. The highest BCUT2D eigenvalue weighted by molar-refractivity contribution is 6.02. The summed E-state index contributed by atoms with van der Waals surface area (Å²) in [4.78, 5) is 11.9. The van der Waals surface area contributed by atoms with Crippen molar-refractivity contribution in [2.24, 2.45) is 7.05 Å². The van der Waals surface area contributed by atoms with Gasteiger partial charge in [-0.25, -0.2) is 0 Å². The number of aryl methyl sites for hydroxylation is 1. The van der Waals surface area contributed by atoms with Gasteiger partial charge < -0.3 is 10.4 Å². The molecule has 2 rings (SSSR count). The highest BCUT2D eigenvalue weighted by Gasteiger charge is 2.08. The summed E-state index contributed by atoms with van der Waals surface area (Å²) in [5.41, 5.74) is 2.16. The molecule has 2 N–H and O–H groups in total. The third-order valence-electron chi connectivity index (χ3n) is 2.82. The Morgan fingerprint density at radius 2 is 2.20 bits per heavy atom. The van der Waals surface area contributed by atoms with Crippen molar-refractivity contribution in [1.29, 1.82) is 0 Å². The van der Waals surface area contributed by atoms with Crippen LogP contribution in [0.4, 0.5) is 5.69 Å². The number of benzene rings is 1. The molecule has 104 valence electrons. The first-order valence-electron chi connectivity index (χ1n) is 6.31. The molecule has 5 heteroatoms. The van der Waals surface area contributed by atoms with Gasteiger partial charge in [0.05, 0.1) is 12.3 Å². The minimum absolute atomic E-state index is 0.248. The van der Waals surface area contributed by atoms with Gasteiger partial charge in [0, 0.05) is 36.1 Å². The molecule has 2 aromatic rings. The number of carbonyl (C=O) groups is 1. The summed E-state index contributed by atoms with van der Waals surface area (Å²) < 4.78 is 1.67. The maximum atomic E-state index is 11.9. The molecule has 0 aliphatic heterocycles. The van der Waals surface area contributed by atoms with Crippen LogP contribution in [-0.2, 0) is 11.8 Å². The Morgan fingerprint density at radius 3 is 2.85 bits per heavy atom. The molecule has 5 nitrogen and oxygen atoms in total. The Bertz CT molecular complexity index is 630. The quantitative estimate of drug-likeness (QED) is 0.837. The molecule has 0 saturated heterocycles. The first-order chi connectivity index (χ1) is 9.56. The Hall–Kier alpha value is -2.40. The van der Waals surface area contributed by atoms with E-state index >= 15 is 0 Å². The van der Waals surface area contributed by atoms with Gasteiger partial charge >= 0.3 is 0 Å². The molecular weight excluding hydrogens is 254 g/mol. The fourth-order valence-electron chi connectivity index (χ4n) is 1.85. The molecule has 1 atom stereocenters. The van der Waals surface area contributed by atoms with Crippen LogP contribution in [0, 0.1) is 0 Å². The van der Waals surface area contributed by atoms with Gasteiger partial charge in [-0.15, -0.1) is 0 Å². The van der Waals surface area contributed by atoms with Crippen molar-refractivity contribution in [3.63, 3.8) is 0 Å². The number of aliphatic hydroxyl groups is 1. The first kappa shape index (κ1) is 14.0. The predicted octanol–water partition coefficient (Wildman–Crippen LogP) is 2.13. The molecule has 1 aromatic heterocycles. The van der Waals surface area contributed by atoms with Crippen molar-refractivity contribution in [3.8, 4) is 0 Å². The lowest BCUT2D eigenvalue weighted by Crippen LogP contribution is -2.10. The van der Waals surface area contributed by atoms with Crippen LogP contribution in [0.25, 0.3) is 6.08 Å². The second-order valence-electron chi connectivity index (χ2n) is 4.53. The number of aromatic nitrogens is 2.